The van der Waals surface area contributed by atoms with E-state index in [-0.39, 0.29) is 0 Å². The predicted molar refractivity (Wildman–Crippen MR) is 124 cm³/mol. The van der Waals surface area contributed by atoms with E-state index in [2.05, 4.69) is 53.8 Å². The first-order chi connectivity index (χ1) is 14.7. The molecule has 0 aliphatic heterocycles. The van der Waals surface area contributed by atoms with E-state index in [1.54, 1.807) is 11.1 Å². The maximum atomic E-state index is 3.66. The molecule has 6 saturated carbocycles. The Bertz CT molecular complexity index is 889. The van der Waals surface area contributed by atoms with E-state index in [1.807, 2.05) is 0 Å². The quantitative estimate of drug-likeness (QED) is 0.555. The van der Waals surface area contributed by atoms with Crippen molar-refractivity contribution in [1.82, 2.24) is 0 Å². The van der Waals surface area contributed by atoms with Gasteiger partial charge in [0.05, 0.1) is 0 Å². The molecule has 156 valence electrons. The summed E-state index contributed by atoms with van der Waals surface area (Å²) in [6.45, 7) is 0. The zero-order valence-electron chi connectivity index (χ0n) is 18.2. The van der Waals surface area contributed by atoms with Gasteiger partial charge in [0.1, 0.15) is 0 Å². The van der Waals surface area contributed by atoms with Crippen molar-refractivity contribution in [1.29, 1.82) is 0 Å². The average molecular weight is 398 g/mol. The van der Waals surface area contributed by atoms with Gasteiger partial charge in [0.2, 0.25) is 0 Å². The molecule has 6 fully saturated rings. The molecular formula is C29H35N. The number of rotatable bonds is 4. The van der Waals surface area contributed by atoms with Crippen molar-refractivity contribution in [2.24, 2.45) is 29.6 Å². The van der Waals surface area contributed by atoms with Gasteiger partial charge in [-0.05, 0) is 134 Å². The molecule has 1 N–H and O–H groups in total. The van der Waals surface area contributed by atoms with E-state index in [1.165, 1.54) is 75.6 Å². The van der Waals surface area contributed by atoms with Gasteiger partial charge in [-0.3, -0.25) is 0 Å². The van der Waals surface area contributed by atoms with E-state index in [9.17, 15) is 0 Å². The molecule has 6 aliphatic carbocycles. The Kier molecular flexibility index (Phi) is 3.94. The number of fused-ring (bicyclic) bond motifs is 2. The largest absolute Gasteiger partial charge is 0.356 e. The molecule has 3 atom stereocenters. The molecule has 0 radical (unpaired) electrons. The van der Waals surface area contributed by atoms with Gasteiger partial charge in [0, 0.05) is 11.4 Å². The third-order valence-electron chi connectivity index (χ3n) is 9.90. The van der Waals surface area contributed by atoms with Crippen LogP contribution in [0.15, 0.2) is 48.5 Å². The second-order valence-electron chi connectivity index (χ2n) is 11.8. The van der Waals surface area contributed by atoms with Crippen LogP contribution in [-0.2, 0) is 5.41 Å². The van der Waals surface area contributed by atoms with Gasteiger partial charge in [-0.25, -0.2) is 0 Å². The molecule has 3 unspecified atom stereocenters. The first kappa shape index (κ1) is 17.9. The summed E-state index contributed by atoms with van der Waals surface area (Å²) in [5.41, 5.74) is 6.17. The second kappa shape index (κ2) is 6.62. The van der Waals surface area contributed by atoms with Crippen LogP contribution in [0.5, 0.6) is 0 Å². The van der Waals surface area contributed by atoms with E-state index in [4.69, 9.17) is 0 Å². The van der Waals surface area contributed by atoms with Gasteiger partial charge >= 0.3 is 0 Å². The lowest BCUT2D eigenvalue weighted by molar-refractivity contribution is -0.00518. The van der Waals surface area contributed by atoms with Gasteiger partial charge in [-0.2, -0.15) is 0 Å². The molecule has 8 rings (SSSR count). The first-order valence-corrected chi connectivity index (χ1v) is 12.7. The molecule has 0 spiro atoms. The summed E-state index contributed by atoms with van der Waals surface area (Å²) in [6, 6.07) is 18.9. The van der Waals surface area contributed by atoms with Crippen LogP contribution < -0.4 is 5.32 Å². The molecule has 6 aliphatic rings. The fourth-order valence-corrected chi connectivity index (χ4v) is 9.00. The van der Waals surface area contributed by atoms with Gasteiger partial charge in [-0.1, -0.05) is 30.7 Å². The maximum Gasteiger partial charge on any atom is 0.0384 e. The highest BCUT2D eigenvalue weighted by Gasteiger charge is 2.51. The average Bonchev–Trinajstić information content (AvgIpc) is 3.38. The van der Waals surface area contributed by atoms with Gasteiger partial charge in [0.15, 0.2) is 0 Å². The van der Waals surface area contributed by atoms with Crippen molar-refractivity contribution in [3.05, 3.63) is 59.7 Å². The van der Waals surface area contributed by atoms with Crippen LogP contribution in [0.2, 0.25) is 0 Å². The zero-order chi connectivity index (χ0) is 19.7. The number of nitrogens with one attached hydrogen (secondary N) is 1. The van der Waals surface area contributed by atoms with Crippen molar-refractivity contribution in [2.75, 3.05) is 5.32 Å². The smallest absolute Gasteiger partial charge is 0.0384 e. The van der Waals surface area contributed by atoms with Crippen LogP contribution in [0, 0.1) is 29.6 Å². The van der Waals surface area contributed by atoms with Crippen LogP contribution in [0.25, 0.3) is 0 Å². The minimum Gasteiger partial charge on any atom is -0.356 e. The van der Waals surface area contributed by atoms with E-state index in [0.29, 0.717) is 5.41 Å². The zero-order valence-corrected chi connectivity index (χ0v) is 18.2. The molecule has 30 heavy (non-hydrogen) atoms. The lowest BCUT2D eigenvalue weighted by atomic mass is 9.48. The Morgan fingerprint density at radius 2 is 1.20 bits per heavy atom. The van der Waals surface area contributed by atoms with Crippen LogP contribution in [0.3, 0.4) is 0 Å². The molecule has 2 aromatic carbocycles. The Morgan fingerprint density at radius 1 is 0.600 bits per heavy atom. The Hall–Kier alpha value is -1.76. The molecule has 6 bridgehead atoms. The summed E-state index contributed by atoms with van der Waals surface area (Å²) >= 11 is 0. The number of anilines is 2. The molecular weight excluding hydrogens is 362 g/mol. The minimum absolute atomic E-state index is 0.510. The summed E-state index contributed by atoms with van der Waals surface area (Å²) in [7, 11) is 0. The standard InChI is InChI=1S/C29H35N/c1-2-24-14-19(1)15-28(24)23-3-7-26(8-4-23)30-27-9-5-25(6-10-27)29-16-20-11-21(17-29)13-22(12-20)18-29/h3-10,19-22,24,28,30H,1-2,11-18H2/t19?,20-,21+,22?,24?,28?,29?. The molecule has 0 heterocycles. The third kappa shape index (κ3) is 2.88. The Labute approximate surface area is 181 Å². The van der Waals surface area contributed by atoms with Gasteiger partial charge in [-0.15, -0.1) is 0 Å². The molecule has 1 heteroatoms. The molecule has 0 aromatic heterocycles. The van der Waals surface area contributed by atoms with E-state index >= 15 is 0 Å². The SMILES string of the molecule is c1cc(C2CC3CCC2C3)ccc1Nc1ccc(C23CC4C[C@H](C2)C[C@@H](C4)C3)cc1. The monoisotopic (exact) mass is 397 g/mol. The van der Waals surface area contributed by atoms with E-state index < -0.39 is 0 Å². The molecule has 0 saturated heterocycles. The predicted octanol–water partition coefficient (Wildman–Crippen LogP) is 7.80. The fraction of sp³-hybridized carbons (Fsp3) is 0.586. The minimum atomic E-state index is 0.510. The summed E-state index contributed by atoms with van der Waals surface area (Å²) in [4.78, 5) is 0. The highest BCUT2D eigenvalue weighted by molar-refractivity contribution is 5.60. The van der Waals surface area contributed by atoms with Crippen LogP contribution in [0.1, 0.15) is 81.3 Å². The highest BCUT2D eigenvalue weighted by atomic mass is 14.9. The topological polar surface area (TPSA) is 12.0 Å². The van der Waals surface area contributed by atoms with Crippen molar-refractivity contribution < 1.29 is 0 Å². The van der Waals surface area contributed by atoms with Gasteiger partial charge < -0.3 is 5.32 Å². The summed E-state index contributed by atoms with van der Waals surface area (Å²) in [5, 5.41) is 3.66. The van der Waals surface area contributed by atoms with Crippen molar-refractivity contribution >= 4 is 11.4 Å². The number of hydrogen-bond acceptors (Lipinski definition) is 1. The van der Waals surface area contributed by atoms with Crippen molar-refractivity contribution in [2.45, 2.75) is 75.5 Å². The third-order valence-corrected chi connectivity index (χ3v) is 9.90. The Balaban J connectivity index is 1.06. The summed E-state index contributed by atoms with van der Waals surface area (Å²) in [5.74, 6) is 5.86. The lowest BCUT2D eigenvalue weighted by Gasteiger charge is -2.57. The normalized spacial score (nSPS) is 40.8. The van der Waals surface area contributed by atoms with Crippen LogP contribution in [0.4, 0.5) is 11.4 Å². The summed E-state index contributed by atoms with van der Waals surface area (Å²) < 4.78 is 0. The summed E-state index contributed by atoms with van der Waals surface area (Å²) in [6.07, 6.45) is 14.8. The second-order valence-corrected chi connectivity index (χ2v) is 11.8. The maximum absolute atomic E-state index is 3.66. The molecule has 1 nitrogen and oxygen atoms in total. The van der Waals surface area contributed by atoms with Crippen LogP contribution >= 0.6 is 0 Å². The van der Waals surface area contributed by atoms with Crippen molar-refractivity contribution in [3.63, 3.8) is 0 Å². The highest BCUT2D eigenvalue weighted by Crippen LogP contribution is 2.60. The van der Waals surface area contributed by atoms with E-state index in [0.717, 1.165) is 35.5 Å². The first-order valence-electron chi connectivity index (χ1n) is 12.7. The number of benzene rings is 2. The van der Waals surface area contributed by atoms with Crippen LogP contribution in [-0.4, -0.2) is 0 Å². The van der Waals surface area contributed by atoms with Crippen molar-refractivity contribution in [3.8, 4) is 0 Å². The number of hydrogen-bond donors (Lipinski definition) is 1. The fourth-order valence-electron chi connectivity index (χ4n) is 9.00. The lowest BCUT2D eigenvalue weighted by Crippen LogP contribution is -2.48. The molecule has 0 amide bonds. The molecule has 2 aromatic rings. The van der Waals surface area contributed by atoms with Gasteiger partial charge in [0.25, 0.3) is 0 Å². The Morgan fingerprint density at radius 3 is 1.73 bits per heavy atom.